The van der Waals surface area contributed by atoms with Crippen LogP contribution >= 0.6 is 0 Å². The first-order chi connectivity index (χ1) is 18.1. The maximum Gasteiger partial charge on any atom is 0.544 e. The van der Waals surface area contributed by atoms with Gasteiger partial charge in [0.15, 0.2) is 5.78 Å². The number of carbonyl (C=O) groups is 2. The van der Waals surface area contributed by atoms with Crippen LogP contribution in [-0.2, 0) is 14.4 Å². The van der Waals surface area contributed by atoms with Gasteiger partial charge in [0.2, 0.25) is 0 Å². The Morgan fingerprint density at radius 2 is 1.60 bits per heavy atom. The molecule has 0 saturated heterocycles. The van der Waals surface area contributed by atoms with Crippen LogP contribution in [0.3, 0.4) is 0 Å². The number of hydrogen-bond donors (Lipinski definition) is 1. The Balaban J connectivity index is 1.54. The SMILES string of the molecule is CN(OC(F)(F)F)C(=O)[C@@]1(C)CC[C@]2(C)CC[C@]3(C)C(=CC(=O)[C@@H]4[C@@]5(C)CC[C@H](N)C(C)(C)C5CC[C@]43C)[C@@H]2C1. The number of nitrogens with two attached hydrogens (primary N) is 1. The number of alkyl halides is 3. The minimum absolute atomic E-state index is 0.0410. The van der Waals surface area contributed by atoms with Gasteiger partial charge in [-0.1, -0.05) is 54.0 Å². The summed E-state index contributed by atoms with van der Waals surface area (Å²) in [5, 5.41) is 0.361. The van der Waals surface area contributed by atoms with Crippen LogP contribution in [0.1, 0.15) is 106 Å². The van der Waals surface area contributed by atoms with Crippen molar-refractivity contribution in [2.24, 2.45) is 56.0 Å². The van der Waals surface area contributed by atoms with Crippen LogP contribution in [0, 0.1) is 50.2 Å². The molecule has 5 aliphatic carbocycles. The fourth-order valence-corrected chi connectivity index (χ4v) is 11.0. The lowest BCUT2D eigenvalue weighted by molar-refractivity contribution is -0.399. The van der Waals surface area contributed by atoms with E-state index >= 15 is 0 Å². The van der Waals surface area contributed by atoms with E-state index in [0.717, 1.165) is 57.6 Å². The fraction of sp³-hybridized carbons (Fsp3) is 0.875. The highest BCUT2D eigenvalue weighted by molar-refractivity contribution is 5.95. The molecule has 1 unspecified atom stereocenters. The topological polar surface area (TPSA) is 72.6 Å². The molecule has 0 radical (unpaired) electrons. The summed E-state index contributed by atoms with van der Waals surface area (Å²) in [5.74, 6) is -0.213. The Kier molecular flexibility index (Phi) is 6.62. The zero-order valence-electron chi connectivity index (χ0n) is 25.6. The summed E-state index contributed by atoms with van der Waals surface area (Å²) in [6.07, 6.45) is 4.49. The lowest BCUT2D eigenvalue weighted by atomic mass is 9.33. The first kappa shape index (κ1) is 30.1. The highest BCUT2D eigenvalue weighted by atomic mass is 19.4. The van der Waals surface area contributed by atoms with Crippen molar-refractivity contribution < 1.29 is 27.6 Å². The van der Waals surface area contributed by atoms with Crippen molar-refractivity contribution >= 4 is 11.7 Å². The average molecular weight is 567 g/mol. The quantitative estimate of drug-likeness (QED) is 0.359. The van der Waals surface area contributed by atoms with Crippen molar-refractivity contribution in [2.45, 2.75) is 119 Å². The molecular formula is C32H49F3N2O3. The molecule has 1 amide bonds. The molecular weight excluding hydrogens is 517 g/mol. The minimum atomic E-state index is -4.93. The molecule has 9 atom stereocenters. The molecule has 0 spiro atoms. The summed E-state index contributed by atoms with van der Waals surface area (Å²) in [6, 6.07) is 0.127. The number of fused-ring (bicyclic) bond motifs is 7. The molecule has 0 heterocycles. The van der Waals surface area contributed by atoms with Crippen molar-refractivity contribution in [1.29, 1.82) is 0 Å². The van der Waals surface area contributed by atoms with Gasteiger partial charge in [0, 0.05) is 24.4 Å². The van der Waals surface area contributed by atoms with E-state index in [4.69, 9.17) is 5.73 Å². The van der Waals surface area contributed by atoms with Crippen LogP contribution in [0.25, 0.3) is 0 Å². The Morgan fingerprint density at radius 1 is 0.975 bits per heavy atom. The predicted molar refractivity (Wildman–Crippen MR) is 147 cm³/mol. The third-order valence-electron chi connectivity index (χ3n) is 13.7. The van der Waals surface area contributed by atoms with Crippen LogP contribution in [-0.4, -0.2) is 36.2 Å². The number of carbonyl (C=O) groups excluding carboxylic acids is 2. The zero-order valence-corrected chi connectivity index (χ0v) is 25.6. The van der Waals surface area contributed by atoms with E-state index in [9.17, 15) is 22.8 Å². The first-order valence-corrected chi connectivity index (χ1v) is 15.2. The van der Waals surface area contributed by atoms with Gasteiger partial charge in [-0.25, -0.2) is 5.06 Å². The van der Waals surface area contributed by atoms with Gasteiger partial charge in [-0.3, -0.25) is 9.59 Å². The van der Waals surface area contributed by atoms with Crippen molar-refractivity contribution in [3.05, 3.63) is 11.6 Å². The summed E-state index contributed by atoms with van der Waals surface area (Å²) in [5.41, 5.74) is 6.05. The van der Waals surface area contributed by atoms with E-state index in [1.807, 2.05) is 6.08 Å². The second kappa shape index (κ2) is 8.81. The van der Waals surface area contributed by atoms with Crippen LogP contribution in [0.5, 0.6) is 0 Å². The Labute approximate surface area is 237 Å². The minimum Gasteiger partial charge on any atom is -0.327 e. The lowest BCUT2D eigenvalue weighted by Crippen LogP contribution is -2.67. The second-order valence-corrected chi connectivity index (χ2v) is 16.1. The lowest BCUT2D eigenvalue weighted by Gasteiger charge is -2.70. The number of allylic oxidation sites excluding steroid dienone is 2. The number of amides is 1. The molecule has 8 heteroatoms. The van der Waals surface area contributed by atoms with Gasteiger partial charge < -0.3 is 5.73 Å². The van der Waals surface area contributed by atoms with Gasteiger partial charge in [0.05, 0.1) is 0 Å². The van der Waals surface area contributed by atoms with Crippen molar-refractivity contribution in [3.63, 3.8) is 0 Å². The van der Waals surface area contributed by atoms with E-state index in [1.165, 1.54) is 0 Å². The van der Waals surface area contributed by atoms with Crippen molar-refractivity contribution in [1.82, 2.24) is 5.06 Å². The molecule has 5 nitrogen and oxygen atoms in total. The van der Waals surface area contributed by atoms with Crippen LogP contribution in [0.2, 0.25) is 0 Å². The molecule has 0 bridgehead atoms. The van der Waals surface area contributed by atoms with E-state index in [1.54, 1.807) is 6.92 Å². The fourth-order valence-electron chi connectivity index (χ4n) is 11.0. The van der Waals surface area contributed by atoms with E-state index in [-0.39, 0.29) is 50.7 Å². The Hall–Kier alpha value is -1.41. The third-order valence-corrected chi connectivity index (χ3v) is 13.7. The van der Waals surface area contributed by atoms with Gasteiger partial charge in [0.25, 0.3) is 5.91 Å². The summed E-state index contributed by atoms with van der Waals surface area (Å²) < 4.78 is 38.9. The van der Waals surface area contributed by atoms with Gasteiger partial charge in [-0.15, -0.1) is 13.2 Å². The number of hydroxylamine groups is 2. The second-order valence-electron chi connectivity index (χ2n) is 16.1. The zero-order chi connectivity index (χ0) is 29.9. The number of rotatable bonds is 2. The van der Waals surface area contributed by atoms with Gasteiger partial charge in [-0.05, 0) is 103 Å². The van der Waals surface area contributed by atoms with E-state index in [0.29, 0.717) is 23.8 Å². The molecule has 0 aromatic carbocycles. The van der Waals surface area contributed by atoms with Crippen LogP contribution < -0.4 is 5.73 Å². The Bertz CT molecular complexity index is 1130. The Morgan fingerprint density at radius 3 is 2.23 bits per heavy atom. The average Bonchev–Trinajstić information content (AvgIpc) is 2.82. The maximum atomic E-state index is 14.4. The molecule has 40 heavy (non-hydrogen) atoms. The summed E-state index contributed by atoms with van der Waals surface area (Å²) in [7, 11) is 1.05. The number of nitrogens with zero attached hydrogens (tertiary/aromatic N) is 1. The van der Waals surface area contributed by atoms with Gasteiger partial charge in [-0.2, -0.15) is 4.84 Å². The van der Waals surface area contributed by atoms with Gasteiger partial charge in [0.1, 0.15) is 0 Å². The number of halogens is 3. The predicted octanol–water partition coefficient (Wildman–Crippen LogP) is 7.20. The highest BCUT2D eigenvalue weighted by Gasteiger charge is 2.70. The van der Waals surface area contributed by atoms with Gasteiger partial charge >= 0.3 is 6.36 Å². The molecule has 0 aliphatic heterocycles. The van der Waals surface area contributed by atoms with E-state index in [2.05, 4.69) is 46.4 Å². The van der Waals surface area contributed by atoms with Crippen LogP contribution in [0.4, 0.5) is 13.2 Å². The molecule has 4 saturated carbocycles. The van der Waals surface area contributed by atoms with Crippen molar-refractivity contribution in [3.8, 4) is 0 Å². The number of ketones is 1. The van der Waals surface area contributed by atoms with E-state index < -0.39 is 17.7 Å². The first-order valence-electron chi connectivity index (χ1n) is 15.2. The molecule has 0 aromatic rings. The monoisotopic (exact) mass is 566 g/mol. The molecule has 5 aliphatic rings. The summed E-state index contributed by atoms with van der Waals surface area (Å²) in [6.45, 7) is 15.6. The summed E-state index contributed by atoms with van der Waals surface area (Å²) >= 11 is 0. The molecule has 4 fully saturated rings. The summed E-state index contributed by atoms with van der Waals surface area (Å²) in [4.78, 5) is 31.8. The smallest absolute Gasteiger partial charge is 0.327 e. The highest BCUT2D eigenvalue weighted by Crippen LogP contribution is 2.75. The largest absolute Gasteiger partial charge is 0.544 e. The third kappa shape index (κ3) is 4.00. The normalized spacial score (nSPS) is 48.2. The maximum absolute atomic E-state index is 14.4. The van der Waals surface area contributed by atoms with Crippen LogP contribution in [0.15, 0.2) is 11.6 Å². The molecule has 2 N–H and O–H groups in total. The molecule has 5 rings (SSSR count). The molecule has 0 aromatic heterocycles. The van der Waals surface area contributed by atoms with Crippen molar-refractivity contribution in [2.75, 3.05) is 7.05 Å². The standard InChI is InChI=1S/C32H49F3N2O3/c1-26(2)22-9-12-31(7)24(29(22,5)11-10-23(26)36)21(38)17-19-20-18-28(4,25(39)37(8)40-32(33,34)35)14-13-27(20,3)15-16-30(19,31)6/h17,20,22-24H,9-16,18,36H2,1-8H3/t20-,22?,23-,24+,27+,28-,29-,30+,31+/m0/s1. The number of hydrogen-bond acceptors (Lipinski definition) is 4. The molecule has 226 valence electrons.